The third-order valence-corrected chi connectivity index (χ3v) is 2.22. The zero-order valence-electron chi connectivity index (χ0n) is 10.9. The predicted molar refractivity (Wildman–Crippen MR) is 64.2 cm³/mol. The molecule has 0 bridgehead atoms. The van der Waals surface area contributed by atoms with E-state index in [2.05, 4.69) is 5.32 Å². The molecule has 0 aliphatic rings. The van der Waals surface area contributed by atoms with Gasteiger partial charge in [-0.3, -0.25) is 0 Å². The number of carbonyl (C=O) groups is 1. The highest BCUT2D eigenvalue weighted by atomic mass is 19.1. The lowest BCUT2D eigenvalue weighted by Gasteiger charge is -2.19. The maximum Gasteiger partial charge on any atom is 0.407 e. The number of benzene rings is 1. The molecule has 1 rings (SSSR count). The van der Waals surface area contributed by atoms with Crippen molar-refractivity contribution in [3.05, 3.63) is 34.9 Å². The second-order valence-electron chi connectivity index (χ2n) is 5.00. The fourth-order valence-electron chi connectivity index (χ4n) is 1.34. The number of amides is 1. The van der Waals surface area contributed by atoms with Gasteiger partial charge in [0.2, 0.25) is 0 Å². The molecule has 0 aromatic heterocycles. The molecule has 1 aromatic rings. The van der Waals surface area contributed by atoms with E-state index >= 15 is 0 Å². The maximum atomic E-state index is 13.6. The molecule has 3 nitrogen and oxygen atoms in total. The second-order valence-corrected chi connectivity index (χ2v) is 5.00. The van der Waals surface area contributed by atoms with Gasteiger partial charge in [0.1, 0.15) is 17.2 Å². The number of carbonyl (C=O) groups excluding carboxylic acids is 1. The van der Waals surface area contributed by atoms with Crippen molar-refractivity contribution < 1.29 is 18.3 Å². The van der Waals surface area contributed by atoms with E-state index in [1.54, 1.807) is 20.8 Å². The van der Waals surface area contributed by atoms with Crippen LogP contribution in [-0.2, 0) is 11.3 Å². The highest BCUT2D eigenvalue weighted by Crippen LogP contribution is 2.15. The largest absolute Gasteiger partial charge is 0.444 e. The van der Waals surface area contributed by atoms with Crippen molar-refractivity contribution in [2.45, 2.75) is 39.8 Å². The summed E-state index contributed by atoms with van der Waals surface area (Å²) in [5, 5.41) is 2.42. The van der Waals surface area contributed by atoms with Crippen molar-refractivity contribution in [2.24, 2.45) is 0 Å². The van der Waals surface area contributed by atoms with E-state index in [1.807, 2.05) is 0 Å². The molecule has 1 N–H and O–H groups in total. The number of hydrogen-bond acceptors (Lipinski definition) is 2. The Bertz CT molecular complexity index is 453. The Morgan fingerprint density at radius 3 is 2.50 bits per heavy atom. The van der Waals surface area contributed by atoms with Crippen LogP contribution in [0.3, 0.4) is 0 Å². The Hall–Kier alpha value is -1.65. The Morgan fingerprint density at radius 1 is 1.33 bits per heavy atom. The topological polar surface area (TPSA) is 38.3 Å². The van der Waals surface area contributed by atoms with E-state index in [0.29, 0.717) is 0 Å². The lowest BCUT2D eigenvalue weighted by atomic mass is 10.1. The highest BCUT2D eigenvalue weighted by molar-refractivity contribution is 5.67. The summed E-state index contributed by atoms with van der Waals surface area (Å²) >= 11 is 0. The second kappa shape index (κ2) is 5.33. The third kappa shape index (κ3) is 3.98. The first kappa shape index (κ1) is 14.4. The fourth-order valence-corrected chi connectivity index (χ4v) is 1.34. The van der Waals surface area contributed by atoms with Crippen molar-refractivity contribution in [1.29, 1.82) is 0 Å². The van der Waals surface area contributed by atoms with E-state index < -0.39 is 23.3 Å². The number of ether oxygens (including phenoxy) is 1. The molecule has 0 saturated heterocycles. The van der Waals surface area contributed by atoms with Crippen LogP contribution >= 0.6 is 0 Å². The molecule has 0 fully saturated rings. The van der Waals surface area contributed by atoms with Crippen LogP contribution in [0.2, 0.25) is 0 Å². The number of halogens is 2. The summed E-state index contributed by atoms with van der Waals surface area (Å²) < 4.78 is 31.7. The van der Waals surface area contributed by atoms with Gasteiger partial charge < -0.3 is 10.1 Å². The van der Waals surface area contributed by atoms with Gasteiger partial charge in [-0.15, -0.1) is 0 Å². The van der Waals surface area contributed by atoms with Crippen LogP contribution in [0.15, 0.2) is 12.1 Å². The quantitative estimate of drug-likeness (QED) is 0.882. The van der Waals surface area contributed by atoms with Crippen molar-refractivity contribution in [2.75, 3.05) is 0 Å². The SMILES string of the molecule is Cc1c(F)ccc(CNC(=O)OC(C)(C)C)c1F. The minimum absolute atomic E-state index is 0.0398. The Labute approximate surface area is 105 Å². The Balaban J connectivity index is 2.65. The minimum atomic E-state index is -0.647. The lowest BCUT2D eigenvalue weighted by molar-refractivity contribution is 0.0523. The first-order chi connectivity index (χ1) is 8.20. The van der Waals surface area contributed by atoms with Gasteiger partial charge in [-0.25, -0.2) is 13.6 Å². The molecule has 0 aliphatic heterocycles. The van der Waals surface area contributed by atoms with Crippen LogP contribution < -0.4 is 5.32 Å². The van der Waals surface area contributed by atoms with Gasteiger partial charge >= 0.3 is 6.09 Å². The first-order valence-corrected chi connectivity index (χ1v) is 5.61. The molecule has 5 heteroatoms. The number of nitrogens with one attached hydrogen (secondary N) is 1. The first-order valence-electron chi connectivity index (χ1n) is 5.61. The number of alkyl carbamates (subject to hydrolysis) is 1. The monoisotopic (exact) mass is 257 g/mol. The van der Waals surface area contributed by atoms with E-state index in [0.717, 1.165) is 0 Å². The van der Waals surface area contributed by atoms with Gasteiger partial charge in [0.05, 0.1) is 0 Å². The molecule has 0 radical (unpaired) electrons. The Kier molecular flexibility index (Phi) is 4.27. The van der Waals surface area contributed by atoms with Crippen LogP contribution in [0.5, 0.6) is 0 Å². The summed E-state index contributed by atoms with van der Waals surface area (Å²) in [6.07, 6.45) is -0.635. The van der Waals surface area contributed by atoms with Gasteiger partial charge in [0, 0.05) is 17.7 Å². The van der Waals surface area contributed by atoms with Crippen LogP contribution in [0, 0.1) is 18.6 Å². The average molecular weight is 257 g/mol. The molecule has 0 unspecified atom stereocenters. The third-order valence-electron chi connectivity index (χ3n) is 2.22. The average Bonchev–Trinajstić information content (AvgIpc) is 2.22. The summed E-state index contributed by atoms with van der Waals surface area (Å²) in [5.41, 5.74) is -0.445. The van der Waals surface area contributed by atoms with Crippen molar-refractivity contribution in [3.63, 3.8) is 0 Å². The fraction of sp³-hybridized carbons (Fsp3) is 0.462. The summed E-state index contributed by atoms with van der Waals surface area (Å²) in [4.78, 5) is 11.4. The van der Waals surface area contributed by atoms with E-state index in [-0.39, 0.29) is 17.7 Å². The van der Waals surface area contributed by atoms with Gasteiger partial charge in [-0.1, -0.05) is 6.07 Å². The summed E-state index contributed by atoms with van der Waals surface area (Å²) in [6, 6.07) is 2.47. The van der Waals surface area contributed by atoms with Gasteiger partial charge in [-0.05, 0) is 33.8 Å². The molecular weight excluding hydrogens is 240 g/mol. The van der Waals surface area contributed by atoms with Gasteiger partial charge in [0.15, 0.2) is 0 Å². The molecule has 0 spiro atoms. The summed E-state index contributed by atoms with van der Waals surface area (Å²) in [7, 11) is 0. The smallest absolute Gasteiger partial charge is 0.407 e. The zero-order valence-corrected chi connectivity index (χ0v) is 10.9. The maximum absolute atomic E-state index is 13.6. The predicted octanol–water partition coefficient (Wildman–Crippen LogP) is 3.30. The molecule has 1 aromatic carbocycles. The summed E-state index contributed by atoms with van der Waals surface area (Å²) in [6.45, 7) is 6.50. The zero-order chi connectivity index (χ0) is 13.9. The molecule has 0 atom stereocenters. The minimum Gasteiger partial charge on any atom is -0.444 e. The molecule has 100 valence electrons. The van der Waals surface area contributed by atoms with Crippen molar-refractivity contribution in [3.8, 4) is 0 Å². The van der Waals surface area contributed by atoms with E-state index in [1.165, 1.54) is 19.1 Å². The van der Waals surface area contributed by atoms with E-state index in [9.17, 15) is 13.6 Å². The van der Waals surface area contributed by atoms with Crippen molar-refractivity contribution >= 4 is 6.09 Å². The van der Waals surface area contributed by atoms with Crippen LogP contribution in [0.1, 0.15) is 31.9 Å². The lowest BCUT2D eigenvalue weighted by Crippen LogP contribution is -2.32. The molecule has 0 saturated carbocycles. The molecule has 1 amide bonds. The van der Waals surface area contributed by atoms with Gasteiger partial charge in [-0.2, -0.15) is 0 Å². The molecule has 0 aliphatic carbocycles. The molecule has 0 heterocycles. The van der Waals surface area contributed by atoms with Crippen LogP contribution in [-0.4, -0.2) is 11.7 Å². The number of hydrogen-bond donors (Lipinski definition) is 1. The Morgan fingerprint density at radius 2 is 1.94 bits per heavy atom. The number of rotatable bonds is 2. The van der Waals surface area contributed by atoms with Gasteiger partial charge in [0.25, 0.3) is 0 Å². The highest BCUT2D eigenvalue weighted by Gasteiger charge is 2.16. The van der Waals surface area contributed by atoms with Crippen LogP contribution in [0.25, 0.3) is 0 Å². The standard InChI is InChI=1S/C13H17F2NO2/c1-8-10(14)6-5-9(11(8)15)7-16-12(17)18-13(2,3)4/h5-6H,7H2,1-4H3,(H,16,17). The molecule has 18 heavy (non-hydrogen) atoms. The van der Waals surface area contributed by atoms with Crippen LogP contribution in [0.4, 0.5) is 13.6 Å². The van der Waals surface area contributed by atoms with Crippen molar-refractivity contribution in [1.82, 2.24) is 5.32 Å². The normalized spacial score (nSPS) is 11.2. The molecular formula is C13H17F2NO2. The summed E-state index contributed by atoms with van der Waals surface area (Å²) in [5.74, 6) is -1.25. The van der Waals surface area contributed by atoms with E-state index in [4.69, 9.17) is 4.74 Å².